The summed E-state index contributed by atoms with van der Waals surface area (Å²) in [6.07, 6.45) is 0.126. The maximum absolute atomic E-state index is 13.0. The van der Waals surface area contributed by atoms with Crippen LogP contribution in [0.25, 0.3) is 0 Å². The number of halogens is 3. The Kier molecular flexibility index (Phi) is 4.22. The molecule has 0 unspecified atom stereocenters. The van der Waals surface area contributed by atoms with Gasteiger partial charge in [0.25, 0.3) is 0 Å². The molecule has 0 atom stereocenters. The van der Waals surface area contributed by atoms with Gasteiger partial charge in [0, 0.05) is 22.1 Å². The molecule has 2 nitrogen and oxygen atoms in total. The van der Waals surface area contributed by atoms with E-state index in [0.717, 1.165) is 4.47 Å². The van der Waals surface area contributed by atoms with Crippen LogP contribution in [0.4, 0.5) is 10.1 Å². The van der Waals surface area contributed by atoms with Crippen LogP contribution in [0.15, 0.2) is 40.9 Å². The first-order chi connectivity index (χ1) is 8.97. The van der Waals surface area contributed by atoms with Crippen LogP contribution >= 0.6 is 27.5 Å². The van der Waals surface area contributed by atoms with Crippen molar-refractivity contribution in [2.45, 2.75) is 6.42 Å². The van der Waals surface area contributed by atoms with Gasteiger partial charge in [0.1, 0.15) is 5.82 Å². The van der Waals surface area contributed by atoms with Gasteiger partial charge in [0.15, 0.2) is 5.78 Å². The number of hydrogen-bond donors (Lipinski definition) is 1. The number of ketones is 1. The maximum Gasteiger partial charge on any atom is 0.169 e. The van der Waals surface area contributed by atoms with Gasteiger partial charge in [-0.2, -0.15) is 0 Å². The topological polar surface area (TPSA) is 43.1 Å². The predicted octanol–water partition coefficient (Wildman–Crippen LogP) is 4.25. The Morgan fingerprint density at radius 1 is 1.26 bits per heavy atom. The van der Waals surface area contributed by atoms with E-state index in [1.165, 1.54) is 18.2 Å². The van der Waals surface area contributed by atoms with Crippen LogP contribution in [0.5, 0.6) is 0 Å². The van der Waals surface area contributed by atoms with E-state index in [9.17, 15) is 9.18 Å². The number of Topliss-reactive ketones (excluding diaryl/α,β-unsaturated/α-hetero) is 1. The SMILES string of the molecule is Nc1ccc(Br)cc1C(=O)Cc1ccc(F)c(Cl)c1. The number of anilines is 1. The molecule has 0 amide bonds. The molecule has 0 fully saturated rings. The number of nitrogens with two attached hydrogens (primary N) is 1. The molecular formula is C14H10BrClFNO. The third-order valence-corrected chi connectivity index (χ3v) is 3.45. The third-order valence-electron chi connectivity index (χ3n) is 2.66. The van der Waals surface area contributed by atoms with E-state index in [0.29, 0.717) is 16.8 Å². The Balaban J connectivity index is 2.25. The Bertz CT molecular complexity index is 645. The van der Waals surface area contributed by atoms with E-state index < -0.39 is 5.82 Å². The van der Waals surface area contributed by atoms with Gasteiger partial charge in [0.05, 0.1) is 5.02 Å². The normalized spacial score (nSPS) is 10.5. The Hall–Kier alpha value is -1.39. The fraction of sp³-hybridized carbons (Fsp3) is 0.0714. The van der Waals surface area contributed by atoms with Gasteiger partial charge < -0.3 is 5.73 Å². The van der Waals surface area contributed by atoms with Crippen LogP contribution in [-0.4, -0.2) is 5.78 Å². The summed E-state index contributed by atoms with van der Waals surface area (Å²) in [5, 5.41) is 0.00696. The Morgan fingerprint density at radius 2 is 2.00 bits per heavy atom. The van der Waals surface area contributed by atoms with Gasteiger partial charge in [-0.3, -0.25) is 4.79 Å². The van der Waals surface area contributed by atoms with E-state index in [1.54, 1.807) is 18.2 Å². The van der Waals surface area contributed by atoms with Crippen LogP contribution in [0.1, 0.15) is 15.9 Å². The second-order valence-electron chi connectivity index (χ2n) is 4.08. The fourth-order valence-corrected chi connectivity index (χ4v) is 2.26. The lowest BCUT2D eigenvalue weighted by Gasteiger charge is -2.06. The fourth-order valence-electron chi connectivity index (χ4n) is 1.70. The molecule has 19 heavy (non-hydrogen) atoms. The first-order valence-corrected chi connectivity index (χ1v) is 6.66. The predicted molar refractivity (Wildman–Crippen MR) is 78.0 cm³/mol. The molecule has 0 saturated heterocycles. The van der Waals surface area contributed by atoms with Crippen LogP contribution < -0.4 is 5.73 Å². The number of carbonyl (C=O) groups excluding carboxylic acids is 1. The lowest BCUT2D eigenvalue weighted by atomic mass is 10.0. The number of benzene rings is 2. The van der Waals surface area contributed by atoms with Gasteiger partial charge in [-0.1, -0.05) is 33.6 Å². The molecule has 98 valence electrons. The van der Waals surface area contributed by atoms with Crippen molar-refractivity contribution in [3.05, 3.63) is 62.8 Å². The van der Waals surface area contributed by atoms with Crippen molar-refractivity contribution >= 4 is 39.0 Å². The van der Waals surface area contributed by atoms with Crippen molar-refractivity contribution in [1.29, 1.82) is 0 Å². The standard InChI is InChI=1S/C14H10BrClFNO/c15-9-2-4-13(18)10(7-9)14(19)6-8-1-3-12(17)11(16)5-8/h1-5,7H,6,18H2. The largest absolute Gasteiger partial charge is 0.398 e. The summed E-state index contributed by atoms with van der Waals surface area (Å²) < 4.78 is 13.8. The smallest absolute Gasteiger partial charge is 0.169 e. The minimum atomic E-state index is -0.500. The maximum atomic E-state index is 13.0. The molecule has 0 radical (unpaired) electrons. The monoisotopic (exact) mass is 341 g/mol. The van der Waals surface area contributed by atoms with Crippen molar-refractivity contribution < 1.29 is 9.18 Å². The second-order valence-corrected chi connectivity index (χ2v) is 5.40. The van der Waals surface area contributed by atoms with Crippen molar-refractivity contribution in [2.75, 3.05) is 5.73 Å². The zero-order chi connectivity index (χ0) is 14.0. The van der Waals surface area contributed by atoms with Crippen LogP contribution in [0.3, 0.4) is 0 Å². The molecule has 2 N–H and O–H groups in total. The first-order valence-electron chi connectivity index (χ1n) is 5.49. The Labute approximate surface area is 123 Å². The lowest BCUT2D eigenvalue weighted by molar-refractivity contribution is 0.0993. The van der Waals surface area contributed by atoms with E-state index >= 15 is 0 Å². The molecule has 0 aliphatic carbocycles. The van der Waals surface area contributed by atoms with Gasteiger partial charge >= 0.3 is 0 Å². The molecule has 0 aromatic heterocycles. The highest BCUT2D eigenvalue weighted by atomic mass is 79.9. The number of hydrogen-bond acceptors (Lipinski definition) is 2. The zero-order valence-electron chi connectivity index (χ0n) is 9.79. The minimum absolute atomic E-state index is 0.00696. The van der Waals surface area contributed by atoms with Crippen molar-refractivity contribution in [3.63, 3.8) is 0 Å². The molecule has 0 aliphatic heterocycles. The number of nitrogen functional groups attached to an aromatic ring is 1. The summed E-state index contributed by atoms with van der Waals surface area (Å²) in [7, 11) is 0. The number of rotatable bonds is 3. The molecule has 0 saturated carbocycles. The summed E-state index contributed by atoms with van der Waals surface area (Å²) >= 11 is 8.97. The van der Waals surface area contributed by atoms with Crippen molar-refractivity contribution in [2.24, 2.45) is 0 Å². The molecular weight excluding hydrogens is 333 g/mol. The van der Waals surface area contributed by atoms with Gasteiger partial charge in [-0.15, -0.1) is 0 Å². The minimum Gasteiger partial charge on any atom is -0.398 e. The summed E-state index contributed by atoms with van der Waals surface area (Å²) in [5.41, 5.74) is 7.28. The van der Waals surface area contributed by atoms with E-state index in [2.05, 4.69) is 15.9 Å². The highest BCUT2D eigenvalue weighted by molar-refractivity contribution is 9.10. The summed E-state index contributed by atoms with van der Waals surface area (Å²) in [4.78, 5) is 12.1. The lowest BCUT2D eigenvalue weighted by Crippen LogP contribution is -2.07. The van der Waals surface area contributed by atoms with Gasteiger partial charge in [0.2, 0.25) is 0 Å². The summed E-state index contributed by atoms with van der Waals surface area (Å²) in [6, 6.07) is 9.32. The highest BCUT2D eigenvalue weighted by Gasteiger charge is 2.12. The summed E-state index contributed by atoms with van der Waals surface area (Å²) in [5.74, 6) is -0.638. The summed E-state index contributed by atoms with van der Waals surface area (Å²) in [6.45, 7) is 0. The molecule has 0 aliphatic rings. The van der Waals surface area contributed by atoms with Crippen LogP contribution in [0, 0.1) is 5.82 Å². The van der Waals surface area contributed by atoms with E-state index in [1.807, 2.05) is 0 Å². The molecule has 2 aromatic rings. The molecule has 2 aromatic carbocycles. The van der Waals surface area contributed by atoms with Crippen LogP contribution in [0.2, 0.25) is 5.02 Å². The average molecular weight is 343 g/mol. The van der Waals surface area contributed by atoms with Gasteiger partial charge in [-0.25, -0.2) is 4.39 Å². The van der Waals surface area contributed by atoms with E-state index in [4.69, 9.17) is 17.3 Å². The quantitative estimate of drug-likeness (QED) is 0.669. The zero-order valence-corrected chi connectivity index (χ0v) is 12.1. The second kappa shape index (κ2) is 5.72. The van der Waals surface area contributed by atoms with Crippen molar-refractivity contribution in [3.8, 4) is 0 Å². The highest BCUT2D eigenvalue weighted by Crippen LogP contribution is 2.22. The number of carbonyl (C=O) groups is 1. The van der Waals surface area contributed by atoms with E-state index in [-0.39, 0.29) is 17.2 Å². The molecule has 5 heteroatoms. The van der Waals surface area contributed by atoms with Crippen molar-refractivity contribution in [1.82, 2.24) is 0 Å². The van der Waals surface area contributed by atoms with Crippen LogP contribution in [-0.2, 0) is 6.42 Å². The molecule has 0 heterocycles. The average Bonchev–Trinajstić information content (AvgIpc) is 2.36. The molecule has 0 bridgehead atoms. The first kappa shape index (κ1) is 14.0. The third kappa shape index (κ3) is 3.33. The molecule has 2 rings (SSSR count). The molecule has 0 spiro atoms. The Morgan fingerprint density at radius 3 is 2.68 bits per heavy atom. The van der Waals surface area contributed by atoms with Gasteiger partial charge in [-0.05, 0) is 35.9 Å².